The summed E-state index contributed by atoms with van der Waals surface area (Å²) in [7, 11) is 0. The van der Waals surface area contributed by atoms with Gasteiger partial charge in [-0.15, -0.1) is 0 Å². The van der Waals surface area contributed by atoms with E-state index in [-0.39, 0.29) is 0 Å². The predicted octanol–water partition coefficient (Wildman–Crippen LogP) is 6.18. The van der Waals surface area contributed by atoms with Crippen LogP contribution in [0, 0.1) is 23.6 Å². The van der Waals surface area contributed by atoms with Gasteiger partial charge in [-0.1, -0.05) is 63.3 Å². The van der Waals surface area contributed by atoms with Gasteiger partial charge in [-0.2, -0.15) is 4.39 Å². The summed E-state index contributed by atoms with van der Waals surface area (Å²) in [5, 5.41) is 0. The molecule has 1 aromatic carbocycles. The van der Waals surface area contributed by atoms with Crippen LogP contribution in [0.5, 0.6) is 0 Å². The molecule has 0 spiro atoms. The van der Waals surface area contributed by atoms with Gasteiger partial charge in [0.15, 0.2) is 5.82 Å². The largest absolute Gasteiger partial charge is 0.248 e. The molecule has 0 radical (unpaired) electrons. The number of aromatic nitrogens is 1. The van der Waals surface area contributed by atoms with Crippen LogP contribution in [0.4, 0.5) is 8.78 Å². The fraction of sp³-hybridized carbons (Fsp3) is 0.476. The lowest BCUT2D eigenvalue weighted by Gasteiger charge is -2.27. The average Bonchev–Trinajstić information content (AvgIpc) is 2.63. The molecule has 1 fully saturated rings. The number of nitrogens with zero attached hydrogens (tertiary/aromatic N) is 1. The fourth-order valence-electron chi connectivity index (χ4n) is 3.74. The van der Waals surface area contributed by atoms with Gasteiger partial charge < -0.3 is 0 Å². The van der Waals surface area contributed by atoms with Crippen LogP contribution in [0.2, 0.25) is 0 Å². The lowest BCUT2D eigenvalue weighted by Crippen LogP contribution is -2.14. The minimum atomic E-state index is -1.05. The first kappa shape index (κ1) is 17.1. The molecule has 0 saturated heterocycles. The molecule has 3 rings (SSSR count). The van der Waals surface area contributed by atoms with Crippen molar-refractivity contribution < 1.29 is 8.78 Å². The van der Waals surface area contributed by atoms with Gasteiger partial charge in [0.2, 0.25) is 5.95 Å². The van der Waals surface area contributed by atoms with Crippen LogP contribution in [-0.2, 0) is 6.42 Å². The number of hydrogen-bond donors (Lipinski definition) is 0. The van der Waals surface area contributed by atoms with Gasteiger partial charge in [-0.25, -0.2) is 9.37 Å². The van der Waals surface area contributed by atoms with E-state index >= 15 is 0 Å². The average molecular weight is 329 g/mol. The third kappa shape index (κ3) is 4.19. The molecule has 0 bridgehead atoms. The molecule has 24 heavy (non-hydrogen) atoms. The highest BCUT2D eigenvalue weighted by atomic mass is 19.2. The van der Waals surface area contributed by atoms with Crippen molar-refractivity contribution in [2.45, 2.75) is 51.9 Å². The summed E-state index contributed by atoms with van der Waals surface area (Å²) >= 11 is 0. The monoisotopic (exact) mass is 329 g/mol. The van der Waals surface area contributed by atoms with Crippen molar-refractivity contribution in [1.82, 2.24) is 4.98 Å². The van der Waals surface area contributed by atoms with Crippen LogP contribution in [0.1, 0.15) is 51.0 Å². The Labute approximate surface area is 143 Å². The maximum absolute atomic E-state index is 13.3. The minimum absolute atomic E-state index is 0.610. The van der Waals surface area contributed by atoms with E-state index in [1.54, 1.807) is 0 Å². The zero-order chi connectivity index (χ0) is 16.9. The number of rotatable bonds is 5. The van der Waals surface area contributed by atoms with Crippen LogP contribution in [0.3, 0.4) is 0 Å². The molecule has 1 aliphatic rings. The third-order valence-electron chi connectivity index (χ3n) is 5.47. The Morgan fingerprint density at radius 2 is 1.62 bits per heavy atom. The number of aryl methyl sites for hydroxylation is 1. The molecule has 0 aliphatic heterocycles. The molecule has 128 valence electrons. The van der Waals surface area contributed by atoms with E-state index in [0.29, 0.717) is 5.56 Å². The minimum Gasteiger partial charge on any atom is -0.225 e. The summed E-state index contributed by atoms with van der Waals surface area (Å²) in [6.07, 6.45) is 10.6. The third-order valence-corrected chi connectivity index (χ3v) is 5.47. The summed E-state index contributed by atoms with van der Waals surface area (Å²) in [6, 6.07) is 9.32. The topological polar surface area (TPSA) is 12.9 Å². The Bertz CT molecular complexity index is 658. The molecule has 3 heteroatoms. The summed E-state index contributed by atoms with van der Waals surface area (Å²) in [4.78, 5) is 3.45. The second-order valence-electron chi connectivity index (χ2n) is 7.03. The van der Waals surface area contributed by atoms with Crippen molar-refractivity contribution in [3.63, 3.8) is 0 Å². The van der Waals surface area contributed by atoms with Crippen LogP contribution in [-0.4, -0.2) is 4.98 Å². The molecule has 2 aromatic rings. The molecular weight excluding hydrogens is 304 g/mol. The number of benzene rings is 1. The molecule has 0 atom stereocenters. The van der Waals surface area contributed by atoms with Crippen molar-refractivity contribution in [1.29, 1.82) is 0 Å². The zero-order valence-corrected chi connectivity index (χ0v) is 14.3. The van der Waals surface area contributed by atoms with E-state index in [1.807, 2.05) is 12.1 Å². The summed E-state index contributed by atoms with van der Waals surface area (Å²) in [5.74, 6) is -0.138. The van der Waals surface area contributed by atoms with E-state index in [2.05, 4.69) is 24.0 Å². The Morgan fingerprint density at radius 1 is 0.958 bits per heavy atom. The normalized spacial score (nSPS) is 21.0. The first-order valence-corrected chi connectivity index (χ1v) is 9.06. The first-order valence-electron chi connectivity index (χ1n) is 9.06. The number of halogens is 2. The van der Waals surface area contributed by atoms with Crippen molar-refractivity contribution in [2.24, 2.45) is 11.8 Å². The second kappa shape index (κ2) is 7.87. The second-order valence-corrected chi connectivity index (χ2v) is 7.03. The zero-order valence-electron chi connectivity index (χ0n) is 14.3. The predicted molar refractivity (Wildman–Crippen MR) is 93.6 cm³/mol. The standard InChI is InChI=1S/C21H25F2N/c1-2-15-3-5-16(6-4-15)7-8-17-9-11-18(12-10-17)19-13-20(22)21(23)24-14-19/h9-16H,2-8H2,1H3. The molecular formula is C21H25F2N. The maximum atomic E-state index is 13.3. The van der Waals surface area contributed by atoms with E-state index < -0.39 is 11.8 Å². The highest BCUT2D eigenvalue weighted by Gasteiger charge is 2.19. The summed E-state index contributed by atoms with van der Waals surface area (Å²) < 4.78 is 26.2. The highest BCUT2D eigenvalue weighted by Crippen LogP contribution is 2.33. The van der Waals surface area contributed by atoms with Crippen LogP contribution in [0.25, 0.3) is 11.1 Å². The molecule has 1 aliphatic carbocycles. The van der Waals surface area contributed by atoms with Gasteiger partial charge in [-0.3, -0.25) is 0 Å². The summed E-state index contributed by atoms with van der Waals surface area (Å²) in [6.45, 7) is 2.30. The smallest absolute Gasteiger partial charge is 0.225 e. The Balaban J connectivity index is 1.56. The summed E-state index contributed by atoms with van der Waals surface area (Å²) in [5.41, 5.74) is 2.79. The molecule has 1 heterocycles. The molecule has 1 saturated carbocycles. The van der Waals surface area contributed by atoms with Gasteiger partial charge in [0.1, 0.15) is 0 Å². The van der Waals surface area contributed by atoms with Crippen LogP contribution in [0.15, 0.2) is 36.5 Å². The van der Waals surface area contributed by atoms with E-state index in [1.165, 1.54) is 56.4 Å². The lowest BCUT2D eigenvalue weighted by molar-refractivity contribution is 0.259. The Morgan fingerprint density at radius 3 is 2.25 bits per heavy atom. The quantitative estimate of drug-likeness (QED) is 0.597. The number of pyridine rings is 1. The first-order chi connectivity index (χ1) is 11.7. The molecule has 0 unspecified atom stereocenters. The van der Waals surface area contributed by atoms with Crippen molar-refractivity contribution in [3.05, 3.63) is 53.9 Å². The van der Waals surface area contributed by atoms with E-state index in [4.69, 9.17) is 0 Å². The molecule has 0 amide bonds. The van der Waals surface area contributed by atoms with E-state index in [9.17, 15) is 8.78 Å². The molecule has 1 aromatic heterocycles. The molecule has 1 nitrogen and oxygen atoms in total. The van der Waals surface area contributed by atoms with E-state index in [0.717, 1.165) is 23.8 Å². The van der Waals surface area contributed by atoms with Crippen molar-refractivity contribution in [2.75, 3.05) is 0 Å². The Kier molecular flexibility index (Phi) is 5.60. The van der Waals surface area contributed by atoms with Crippen molar-refractivity contribution in [3.8, 4) is 11.1 Å². The maximum Gasteiger partial charge on any atom is 0.248 e. The van der Waals surface area contributed by atoms with Gasteiger partial charge >= 0.3 is 0 Å². The SMILES string of the molecule is CCC1CCC(CCc2ccc(-c3cnc(F)c(F)c3)cc2)CC1. The van der Waals surface area contributed by atoms with Gasteiger partial charge in [0.25, 0.3) is 0 Å². The number of hydrogen-bond acceptors (Lipinski definition) is 1. The van der Waals surface area contributed by atoms with Gasteiger partial charge in [-0.05, 0) is 41.9 Å². The fourth-order valence-corrected chi connectivity index (χ4v) is 3.74. The Hall–Kier alpha value is -1.77. The van der Waals surface area contributed by atoms with Gasteiger partial charge in [0.05, 0.1) is 0 Å². The van der Waals surface area contributed by atoms with Crippen molar-refractivity contribution >= 4 is 0 Å². The molecule has 0 N–H and O–H groups in total. The van der Waals surface area contributed by atoms with Gasteiger partial charge in [0, 0.05) is 11.8 Å². The lowest BCUT2D eigenvalue weighted by atomic mass is 9.78. The highest BCUT2D eigenvalue weighted by molar-refractivity contribution is 5.62. The van der Waals surface area contributed by atoms with Crippen LogP contribution >= 0.6 is 0 Å². The van der Waals surface area contributed by atoms with Crippen LogP contribution < -0.4 is 0 Å².